The number of rotatable bonds is 4. The lowest BCUT2D eigenvalue weighted by Gasteiger charge is -2.30. The van der Waals surface area contributed by atoms with Crippen LogP contribution in [0.1, 0.15) is 41.0 Å². The Hall–Kier alpha value is -2.05. The number of nitrogens with zero attached hydrogens (tertiary/aromatic N) is 1. The fourth-order valence-electron chi connectivity index (χ4n) is 1.78. The first-order valence-corrected chi connectivity index (χ1v) is 6.96. The fraction of sp³-hybridized carbons (Fsp3) is 0.667. The van der Waals surface area contributed by atoms with Crippen molar-refractivity contribution >= 4 is 17.8 Å². The molecule has 0 aromatic carbocycles. The number of ether oxygens (including phenoxy) is 3. The number of hydrogen-bond donors (Lipinski definition) is 0. The summed E-state index contributed by atoms with van der Waals surface area (Å²) in [6.45, 7) is 8.26. The molecule has 0 aliphatic carbocycles. The zero-order chi connectivity index (χ0) is 17.1. The number of carbonyl (C=O) groups excluding carboxylic acids is 3. The largest absolute Gasteiger partial charge is 0.456 e. The lowest BCUT2D eigenvalue weighted by Crippen LogP contribution is -2.38. The number of allylic oxidation sites excluding steroid dienone is 1. The third-order valence-electron chi connectivity index (χ3n) is 2.49. The minimum atomic E-state index is -1.10. The van der Waals surface area contributed by atoms with Crippen LogP contribution in [0.3, 0.4) is 0 Å². The maximum Gasteiger partial charge on any atom is 0.410 e. The molecule has 0 saturated heterocycles. The number of ketones is 1. The van der Waals surface area contributed by atoms with Gasteiger partial charge in [-0.15, -0.1) is 0 Å². The van der Waals surface area contributed by atoms with Gasteiger partial charge in [0.2, 0.25) is 5.79 Å². The molecular weight excluding hydrogens is 290 g/mol. The Balaban J connectivity index is 2.56. The average molecular weight is 313 g/mol. The van der Waals surface area contributed by atoms with Crippen LogP contribution in [-0.2, 0) is 23.8 Å². The molecule has 0 spiro atoms. The summed E-state index contributed by atoms with van der Waals surface area (Å²) in [5, 5.41) is 0. The van der Waals surface area contributed by atoms with Crippen molar-refractivity contribution in [2.45, 2.75) is 52.4 Å². The van der Waals surface area contributed by atoms with E-state index in [2.05, 4.69) is 0 Å². The molecule has 1 aliphatic rings. The van der Waals surface area contributed by atoms with Crippen LogP contribution in [0.15, 0.2) is 11.8 Å². The second-order valence-corrected chi connectivity index (χ2v) is 6.59. The molecule has 1 aliphatic heterocycles. The minimum Gasteiger partial charge on any atom is -0.456 e. The lowest BCUT2D eigenvalue weighted by atomic mass is 10.2. The molecule has 0 atom stereocenters. The first kappa shape index (κ1) is 18.0. The molecule has 1 amide bonds. The normalized spacial score (nSPS) is 17.0. The molecule has 22 heavy (non-hydrogen) atoms. The van der Waals surface area contributed by atoms with E-state index < -0.39 is 23.5 Å². The molecule has 7 nitrogen and oxygen atoms in total. The number of likely N-dealkylation sites (N-methyl/N-ethyl adjacent to an activating group) is 1. The van der Waals surface area contributed by atoms with Gasteiger partial charge in [0.25, 0.3) is 0 Å². The van der Waals surface area contributed by atoms with E-state index >= 15 is 0 Å². The Morgan fingerprint density at radius 2 is 1.86 bits per heavy atom. The van der Waals surface area contributed by atoms with Crippen LogP contribution in [0.5, 0.6) is 0 Å². The Kier molecular flexibility index (Phi) is 5.22. The average Bonchev–Trinajstić information content (AvgIpc) is 2.22. The number of esters is 1. The van der Waals surface area contributed by atoms with Crippen LogP contribution in [0, 0.1) is 0 Å². The smallest absolute Gasteiger partial charge is 0.410 e. The first-order chi connectivity index (χ1) is 9.88. The van der Waals surface area contributed by atoms with Crippen molar-refractivity contribution in [1.82, 2.24) is 4.90 Å². The van der Waals surface area contributed by atoms with Gasteiger partial charge in [-0.3, -0.25) is 4.79 Å². The van der Waals surface area contributed by atoms with Crippen molar-refractivity contribution in [3.63, 3.8) is 0 Å². The van der Waals surface area contributed by atoms with Crippen LogP contribution >= 0.6 is 0 Å². The first-order valence-electron chi connectivity index (χ1n) is 6.96. The third-order valence-corrected chi connectivity index (χ3v) is 2.49. The standard InChI is InChI=1S/C15H23NO6/c1-14(2,3)22-13(19)16(6)9-10(17)7-11-8-12(18)21-15(4,5)20-11/h8H,7,9H2,1-6H3. The van der Waals surface area contributed by atoms with Gasteiger partial charge < -0.3 is 19.1 Å². The molecule has 0 radical (unpaired) electrons. The molecule has 0 fully saturated rings. The van der Waals surface area contributed by atoms with E-state index in [0.717, 1.165) is 6.08 Å². The highest BCUT2D eigenvalue weighted by Gasteiger charge is 2.31. The second-order valence-electron chi connectivity index (χ2n) is 6.59. The summed E-state index contributed by atoms with van der Waals surface area (Å²) < 4.78 is 15.5. The quantitative estimate of drug-likeness (QED) is 0.738. The Morgan fingerprint density at radius 3 is 2.36 bits per heavy atom. The van der Waals surface area contributed by atoms with E-state index in [0.29, 0.717) is 0 Å². The van der Waals surface area contributed by atoms with E-state index in [4.69, 9.17) is 14.2 Å². The molecule has 0 aromatic heterocycles. The molecule has 124 valence electrons. The maximum absolute atomic E-state index is 12.0. The summed E-state index contributed by atoms with van der Waals surface area (Å²) in [5.74, 6) is -1.70. The van der Waals surface area contributed by atoms with Crippen LogP contribution in [0.25, 0.3) is 0 Å². The Morgan fingerprint density at radius 1 is 1.27 bits per heavy atom. The van der Waals surface area contributed by atoms with Gasteiger partial charge in [0.1, 0.15) is 11.4 Å². The lowest BCUT2D eigenvalue weighted by molar-refractivity contribution is -0.205. The molecular formula is C15H23NO6. The van der Waals surface area contributed by atoms with Crippen LogP contribution < -0.4 is 0 Å². The summed E-state index contributed by atoms with van der Waals surface area (Å²) in [5.41, 5.74) is -0.628. The van der Waals surface area contributed by atoms with Crippen molar-refractivity contribution in [3.8, 4) is 0 Å². The topological polar surface area (TPSA) is 82.1 Å². The van der Waals surface area contributed by atoms with E-state index in [-0.39, 0.29) is 24.5 Å². The fourth-order valence-corrected chi connectivity index (χ4v) is 1.78. The summed E-state index contributed by atoms with van der Waals surface area (Å²) in [7, 11) is 1.47. The van der Waals surface area contributed by atoms with Crippen LogP contribution in [-0.4, -0.2) is 47.7 Å². The minimum absolute atomic E-state index is 0.0916. The number of amides is 1. The number of hydrogen-bond acceptors (Lipinski definition) is 6. The number of Topliss-reactive ketones (excluding diaryl/α,β-unsaturated/α-hetero) is 1. The molecule has 7 heteroatoms. The van der Waals surface area contributed by atoms with E-state index in [1.165, 1.54) is 11.9 Å². The maximum atomic E-state index is 12.0. The van der Waals surface area contributed by atoms with Crippen LogP contribution in [0.4, 0.5) is 4.79 Å². The predicted octanol–water partition coefficient (Wildman–Crippen LogP) is 2.01. The van der Waals surface area contributed by atoms with Crippen molar-refractivity contribution in [2.24, 2.45) is 0 Å². The van der Waals surface area contributed by atoms with Gasteiger partial charge in [-0.25, -0.2) is 9.59 Å². The zero-order valence-corrected chi connectivity index (χ0v) is 13.9. The SMILES string of the molecule is CN(CC(=O)CC1=CC(=O)OC(C)(C)O1)C(=O)OC(C)(C)C. The van der Waals surface area contributed by atoms with Gasteiger partial charge in [0.05, 0.1) is 19.0 Å². The highest BCUT2D eigenvalue weighted by atomic mass is 16.7. The monoisotopic (exact) mass is 313 g/mol. The van der Waals surface area contributed by atoms with Gasteiger partial charge in [-0.05, 0) is 20.8 Å². The second kappa shape index (κ2) is 6.37. The van der Waals surface area contributed by atoms with E-state index in [9.17, 15) is 14.4 Å². The Bertz CT molecular complexity index is 501. The molecule has 1 heterocycles. The molecule has 0 unspecified atom stereocenters. The van der Waals surface area contributed by atoms with Gasteiger partial charge in [-0.1, -0.05) is 0 Å². The van der Waals surface area contributed by atoms with Gasteiger partial charge in [-0.2, -0.15) is 0 Å². The van der Waals surface area contributed by atoms with E-state index in [1.54, 1.807) is 34.6 Å². The molecule has 0 N–H and O–H groups in total. The van der Waals surface area contributed by atoms with Crippen molar-refractivity contribution in [1.29, 1.82) is 0 Å². The van der Waals surface area contributed by atoms with Gasteiger partial charge >= 0.3 is 12.1 Å². The number of cyclic esters (lactones) is 1. The molecule has 0 bridgehead atoms. The third kappa shape index (κ3) is 6.15. The molecule has 1 rings (SSSR count). The zero-order valence-electron chi connectivity index (χ0n) is 13.9. The Labute approximate surface area is 130 Å². The summed E-state index contributed by atoms with van der Waals surface area (Å²) in [4.78, 5) is 36.3. The van der Waals surface area contributed by atoms with Crippen molar-refractivity contribution in [2.75, 3.05) is 13.6 Å². The number of carbonyl (C=O) groups is 3. The van der Waals surface area contributed by atoms with Gasteiger partial charge in [0.15, 0.2) is 5.78 Å². The highest BCUT2D eigenvalue weighted by Crippen LogP contribution is 2.24. The summed E-state index contributed by atoms with van der Waals surface area (Å²) in [6.07, 6.45) is 0.460. The van der Waals surface area contributed by atoms with Crippen molar-refractivity contribution < 1.29 is 28.6 Å². The predicted molar refractivity (Wildman–Crippen MR) is 77.8 cm³/mol. The van der Waals surface area contributed by atoms with Crippen molar-refractivity contribution in [3.05, 3.63) is 11.8 Å². The van der Waals surface area contributed by atoms with Gasteiger partial charge in [0, 0.05) is 20.9 Å². The molecule has 0 aromatic rings. The molecule has 0 saturated carbocycles. The summed E-state index contributed by atoms with van der Waals surface area (Å²) >= 11 is 0. The van der Waals surface area contributed by atoms with E-state index in [1.807, 2.05) is 0 Å². The van der Waals surface area contributed by atoms with Crippen LogP contribution in [0.2, 0.25) is 0 Å². The summed E-state index contributed by atoms with van der Waals surface area (Å²) in [6, 6.07) is 0. The highest BCUT2D eigenvalue weighted by molar-refractivity contribution is 5.88.